The quantitative estimate of drug-likeness (QED) is 0.560. The van der Waals surface area contributed by atoms with E-state index in [2.05, 4.69) is 15.5 Å². The van der Waals surface area contributed by atoms with Crippen LogP contribution < -0.4 is 10.1 Å². The van der Waals surface area contributed by atoms with Crippen molar-refractivity contribution >= 4 is 29.0 Å². The highest BCUT2D eigenvalue weighted by molar-refractivity contribution is 8.00. The van der Waals surface area contributed by atoms with Gasteiger partial charge in [0.25, 0.3) is 0 Å². The Bertz CT molecular complexity index is 965. The van der Waals surface area contributed by atoms with E-state index in [0.29, 0.717) is 11.2 Å². The van der Waals surface area contributed by atoms with Gasteiger partial charge in [0, 0.05) is 6.04 Å². The SMILES string of the molecule is COc1ccccc1-n1c(SC(C)C(=O)NC2CCCC2)nnc1-c1cccs1. The third kappa shape index (κ3) is 4.33. The molecule has 0 spiro atoms. The zero-order valence-corrected chi connectivity index (χ0v) is 18.1. The van der Waals surface area contributed by atoms with E-state index in [1.165, 1.54) is 24.6 Å². The number of aromatic nitrogens is 3. The summed E-state index contributed by atoms with van der Waals surface area (Å²) in [5.74, 6) is 1.53. The zero-order chi connectivity index (χ0) is 20.2. The number of rotatable bonds is 7. The Labute approximate surface area is 178 Å². The fourth-order valence-corrected chi connectivity index (χ4v) is 5.11. The second kappa shape index (κ2) is 9.00. The Hall–Kier alpha value is -2.32. The molecule has 0 saturated heterocycles. The molecule has 1 aromatic carbocycles. The van der Waals surface area contributed by atoms with Crippen molar-refractivity contribution < 1.29 is 9.53 Å². The van der Waals surface area contributed by atoms with Gasteiger partial charge in [-0.25, -0.2) is 0 Å². The maximum absolute atomic E-state index is 12.7. The number of thiophene rings is 1. The number of hydrogen-bond acceptors (Lipinski definition) is 6. The summed E-state index contributed by atoms with van der Waals surface area (Å²) >= 11 is 3.03. The Morgan fingerprint density at radius 2 is 2.03 bits per heavy atom. The summed E-state index contributed by atoms with van der Waals surface area (Å²) in [5.41, 5.74) is 0.856. The predicted molar refractivity (Wildman–Crippen MR) is 117 cm³/mol. The molecule has 3 aromatic rings. The largest absolute Gasteiger partial charge is 0.495 e. The molecule has 0 radical (unpaired) electrons. The third-order valence-electron chi connectivity index (χ3n) is 5.05. The molecule has 2 aromatic heterocycles. The Morgan fingerprint density at radius 3 is 2.76 bits per heavy atom. The van der Waals surface area contributed by atoms with Crippen molar-refractivity contribution in [1.82, 2.24) is 20.1 Å². The number of methoxy groups -OCH3 is 1. The lowest BCUT2D eigenvalue weighted by Crippen LogP contribution is -2.37. The molecule has 1 aliphatic rings. The second-order valence-corrected chi connectivity index (χ2v) is 9.30. The van der Waals surface area contributed by atoms with Gasteiger partial charge in [-0.3, -0.25) is 9.36 Å². The average molecular weight is 429 g/mol. The smallest absolute Gasteiger partial charge is 0.233 e. The minimum absolute atomic E-state index is 0.0501. The van der Waals surface area contributed by atoms with E-state index < -0.39 is 0 Å². The van der Waals surface area contributed by atoms with Gasteiger partial charge in [0.1, 0.15) is 5.75 Å². The van der Waals surface area contributed by atoms with Crippen LogP contribution in [0.4, 0.5) is 0 Å². The van der Waals surface area contributed by atoms with E-state index in [1.807, 2.05) is 53.3 Å². The fraction of sp³-hybridized carbons (Fsp3) is 0.381. The second-order valence-electron chi connectivity index (χ2n) is 7.04. The summed E-state index contributed by atoms with van der Waals surface area (Å²) in [7, 11) is 1.65. The molecule has 1 saturated carbocycles. The maximum Gasteiger partial charge on any atom is 0.233 e. The van der Waals surface area contributed by atoms with Gasteiger partial charge < -0.3 is 10.1 Å². The van der Waals surface area contributed by atoms with Crippen molar-refractivity contribution in [3.8, 4) is 22.1 Å². The number of thioether (sulfide) groups is 1. The van der Waals surface area contributed by atoms with Crippen molar-refractivity contribution in [3.05, 3.63) is 41.8 Å². The van der Waals surface area contributed by atoms with Crippen LogP contribution in [0.2, 0.25) is 0 Å². The van der Waals surface area contributed by atoms with Crippen molar-refractivity contribution in [2.45, 2.75) is 49.1 Å². The summed E-state index contributed by atoms with van der Waals surface area (Å²) in [6, 6.07) is 12.1. The number of nitrogens with one attached hydrogen (secondary N) is 1. The average Bonchev–Trinajstić information content (AvgIpc) is 3.49. The normalized spacial score (nSPS) is 15.4. The standard InChI is InChI=1S/C21H24N4O2S2/c1-14(20(26)22-15-8-3-4-9-15)29-21-24-23-19(18-12-7-13-28-18)25(21)16-10-5-6-11-17(16)27-2/h5-7,10-15H,3-4,8-9H2,1-2H3,(H,22,26). The first-order chi connectivity index (χ1) is 14.2. The first-order valence-corrected chi connectivity index (χ1v) is 11.5. The Balaban J connectivity index is 1.65. The lowest BCUT2D eigenvalue weighted by atomic mass is 10.2. The molecule has 6 nitrogen and oxygen atoms in total. The van der Waals surface area contributed by atoms with Crippen LogP contribution in [0.1, 0.15) is 32.6 Å². The van der Waals surface area contributed by atoms with Crippen LogP contribution in [0, 0.1) is 0 Å². The van der Waals surface area contributed by atoms with E-state index >= 15 is 0 Å². The first-order valence-electron chi connectivity index (χ1n) is 9.77. The van der Waals surface area contributed by atoms with Crippen LogP contribution in [-0.4, -0.2) is 39.1 Å². The number of ether oxygens (including phenoxy) is 1. The molecule has 1 fully saturated rings. The minimum Gasteiger partial charge on any atom is -0.495 e. The van der Waals surface area contributed by atoms with E-state index in [1.54, 1.807) is 18.4 Å². The molecule has 1 N–H and O–H groups in total. The number of benzene rings is 1. The monoisotopic (exact) mass is 428 g/mol. The molecule has 1 amide bonds. The molecule has 29 heavy (non-hydrogen) atoms. The van der Waals surface area contributed by atoms with Gasteiger partial charge in [-0.05, 0) is 43.3 Å². The molecule has 0 bridgehead atoms. The molecule has 2 heterocycles. The van der Waals surface area contributed by atoms with Gasteiger partial charge in [0.05, 0.1) is 22.9 Å². The van der Waals surface area contributed by atoms with Crippen LogP contribution in [0.5, 0.6) is 5.75 Å². The minimum atomic E-state index is -0.274. The molecule has 1 atom stereocenters. The van der Waals surface area contributed by atoms with Gasteiger partial charge in [0.15, 0.2) is 11.0 Å². The highest BCUT2D eigenvalue weighted by Gasteiger charge is 2.25. The summed E-state index contributed by atoms with van der Waals surface area (Å²) in [4.78, 5) is 13.7. The Kier molecular flexibility index (Phi) is 6.20. The number of carbonyl (C=O) groups is 1. The van der Waals surface area contributed by atoms with Crippen LogP contribution in [0.3, 0.4) is 0 Å². The Morgan fingerprint density at radius 1 is 1.24 bits per heavy atom. The highest BCUT2D eigenvalue weighted by Crippen LogP contribution is 2.35. The van der Waals surface area contributed by atoms with E-state index in [9.17, 15) is 4.79 Å². The van der Waals surface area contributed by atoms with E-state index in [-0.39, 0.29) is 11.2 Å². The van der Waals surface area contributed by atoms with Crippen LogP contribution in [0.15, 0.2) is 46.9 Å². The van der Waals surface area contributed by atoms with Gasteiger partial charge in [0.2, 0.25) is 5.91 Å². The number of nitrogens with zero attached hydrogens (tertiary/aromatic N) is 3. The van der Waals surface area contributed by atoms with Gasteiger partial charge in [-0.2, -0.15) is 0 Å². The highest BCUT2D eigenvalue weighted by atomic mass is 32.2. The van der Waals surface area contributed by atoms with Crippen molar-refractivity contribution in [1.29, 1.82) is 0 Å². The first kappa shape index (κ1) is 20.0. The van der Waals surface area contributed by atoms with E-state index in [4.69, 9.17) is 4.74 Å². The summed E-state index contributed by atoms with van der Waals surface area (Å²) in [5, 5.41) is 14.5. The number of amides is 1. The fourth-order valence-electron chi connectivity index (χ4n) is 3.54. The molecule has 152 valence electrons. The summed E-state index contributed by atoms with van der Waals surface area (Å²) in [6.07, 6.45) is 4.53. The van der Waals surface area contributed by atoms with Crippen LogP contribution >= 0.6 is 23.1 Å². The van der Waals surface area contributed by atoms with Gasteiger partial charge in [-0.15, -0.1) is 21.5 Å². The molecule has 8 heteroatoms. The predicted octanol–water partition coefficient (Wildman–Crippen LogP) is 4.54. The number of hydrogen-bond donors (Lipinski definition) is 1. The number of para-hydroxylation sites is 2. The van der Waals surface area contributed by atoms with Crippen molar-refractivity contribution in [3.63, 3.8) is 0 Å². The molecule has 1 aliphatic carbocycles. The zero-order valence-electron chi connectivity index (χ0n) is 16.5. The van der Waals surface area contributed by atoms with Crippen LogP contribution in [0.25, 0.3) is 16.4 Å². The lowest BCUT2D eigenvalue weighted by Gasteiger charge is -2.17. The lowest BCUT2D eigenvalue weighted by molar-refractivity contribution is -0.120. The maximum atomic E-state index is 12.7. The molecule has 0 aliphatic heterocycles. The van der Waals surface area contributed by atoms with Crippen molar-refractivity contribution in [2.75, 3.05) is 7.11 Å². The molecule has 4 rings (SSSR count). The molecule has 1 unspecified atom stereocenters. The molecular weight excluding hydrogens is 404 g/mol. The van der Waals surface area contributed by atoms with Gasteiger partial charge >= 0.3 is 0 Å². The number of carbonyl (C=O) groups excluding carboxylic acids is 1. The summed E-state index contributed by atoms with van der Waals surface area (Å²) < 4.78 is 7.56. The van der Waals surface area contributed by atoms with Gasteiger partial charge in [-0.1, -0.05) is 42.8 Å². The third-order valence-corrected chi connectivity index (χ3v) is 6.96. The van der Waals surface area contributed by atoms with Crippen LogP contribution in [-0.2, 0) is 4.79 Å². The topological polar surface area (TPSA) is 69.0 Å². The molecular formula is C21H24N4O2S2. The van der Waals surface area contributed by atoms with E-state index in [0.717, 1.165) is 35.0 Å². The summed E-state index contributed by atoms with van der Waals surface area (Å²) in [6.45, 7) is 1.92. The van der Waals surface area contributed by atoms with Crippen molar-refractivity contribution in [2.24, 2.45) is 0 Å².